The molecule has 0 bridgehead atoms. The van der Waals surface area contributed by atoms with E-state index in [4.69, 9.17) is 4.74 Å². The summed E-state index contributed by atoms with van der Waals surface area (Å²) in [5, 5.41) is 7.53. The van der Waals surface area contributed by atoms with Crippen LogP contribution in [-0.4, -0.2) is 50.7 Å². The molecule has 1 N–H and O–H groups in total. The van der Waals surface area contributed by atoms with Crippen LogP contribution in [0, 0.1) is 18.8 Å². The molecule has 1 saturated heterocycles. The van der Waals surface area contributed by atoms with Crippen LogP contribution in [0.15, 0.2) is 42.7 Å². The van der Waals surface area contributed by atoms with Crippen molar-refractivity contribution in [2.75, 3.05) is 12.4 Å². The molecular weight excluding hydrogens is 382 g/mol. The molecular formula is C22H25N5O3. The van der Waals surface area contributed by atoms with Crippen molar-refractivity contribution >= 4 is 23.2 Å². The maximum Gasteiger partial charge on any atom is 0.410 e. The van der Waals surface area contributed by atoms with E-state index in [1.807, 2.05) is 43.5 Å². The van der Waals surface area contributed by atoms with Crippen LogP contribution in [-0.2, 0) is 9.53 Å². The molecule has 156 valence electrons. The Balaban J connectivity index is 0.00000231. The van der Waals surface area contributed by atoms with E-state index >= 15 is 0 Å². The van der Waals surface area contributed by atoms with Crippen molar-refractivity contribution in [3.8, 4) is 11.4 Å². The van der Waals surface area contributed by atoms with Crippen LogP contribution < -0.4 is 5.32 Å². The van der Waals surface area contributed by atoms with Gasteiger partial charge in [-0.05, 0) is 55.0 Å². The van der Waals surface area contributed by atoms with Crippen molar-refractivity contribution in [2.24, 2.45) is 11.8 Å². The highest BCUT2D eigenvalue weighted by Crippen LogP contribution is 2.53. The predicted molar refractivity (Wildman–Crippen MR) is 113 cm³/mol. The number of ether oxygens (including phenoxy) is 1. The number of benzene rings is 1. The van der Waals surface area contributed by atoms with E-state index in [1.54, 1.807) is 15.6 Å². The van der Waals surface area contributed by atoms with Gasteiger partial charge in [-0.1, -0.05) is 13.0 Å². The number of anilines is 1. The van der Waals surface area contributed by atoms with Crippen molar-refractivity contribution in [2.45, 2.75) is 32.4 Å². The van der Waals surface area contributed by atoms with Gasteiger partial charge >= 0.3 is 6.09 Å². The Morgan fingerprint density at radius 1 is 1.30 bits per heavy atom. The number of carbonyl (C=O) groups excluding carboxylic acids is 2. The second kappa shape index (κ2) is 6.83. The maximum absolute atomic E-state index is 13.0. The number of rotatable bonds is 3. The van der Waals surface area contributed by atoms with E-state index < -0.39 is 12.1 Å². The molecule has 1 aromatic carbocycles. The van der Waals surface area contributed by atoms with E-state index in [2.05, 4.69) is 22.3 Å². The van der Waals surface area contributed by atoms with Crippen molar-refractivity contribution in [3.05, 3.63) is 48.3 Å². The van der Waals surface area contributed by atoms with Gasteiger partial charge in [-0.2, -0.15) is 0 Å². The third-order valence-corrected chi connectivity index (χ3v) is 6.38. The topological polar surface area (TPSA) is 88.8 Å². The van der Waals surface area contributed by atoms with Crippen molar-refractivity contribution in [3.63, 3.8) is 0 Å². The zero-order valence-corrected chi connectivity index (χ0v) is 17.1. The first kappa shape index (κ1) is 18.6. The summed E-state index contributed by atoms with van der Waals surface area (Å²) in [5.74, 6) is 1.17. The Kier molecular flexibility index (Phi) is 4.23. The fourth-order valence-electron chi connectivity index (χ4n) is 4.63. The molecule has 8 heteroatoms. The standard InChI is InChI=1S/C22H23N5O3.H2/c1-12-6-7-14(9-16(12)20-23-11-15-5-4-8-26(15)25-20)24-21(28)18-10-17-13(2)19(17)27(18)22(29)30-3;/h4-9,11,13,17-19H,10H2,1-3H3,(H,24,28);1H/t13?,17?,18-,19?;/m1./s1. The normalized spacial score (nSPS) is 24.6. The van der Waals surface area contributed by atoms with Gasteiger partial charge in [-0.3, -0.25) is 9.69 Å². The molecule has 0 spiro atoms. The van der Waals surface area contributed by atoms with E-state index in [0.717, 1.165) is 16.6 Å². The molecule has 0 radical (unpaired) electrons. The summed E-state index contributed by atoms with van der Waals surface area (Å²) in [6, 6.07) is 9.10. The molecule has 5 rings (SSSR count). The smallest absolute Gasteiger partial charge is 0.410 e. The lowest BCUT2D eigenvalue weighted by Crippen LogP contribution is -2.46. The molecule has 2 aromatic heterocycles. The van der Waals surface area contributed by atoms with Gasteiger partial charge in [0.1, 0.15) is 6.04 Å². The fraction of sp³-hybridized carbons (Fsp3) is 0.364. The first-order valence-electron chi connectivity index (χ1n) is 10.1. The van der Waals surface area contributed by atoms with E-state index in [9.17, 15) is 9.59 Å². The van der Waals surface area contributed by atoms with Crippen LogP contribution in [0.2, 0.25) is 0 Å². The van der Waals surface area contributed by atoms with Gasteiger partial charge in [-0.25, -0.2) is 14.3 Å². The third kappa shape index (κ3) is 2.91. The zero-order chi connectivity index (χ0) is 21.0. The summed E-state index contributed by atoms with van der Waals surface area (Å²) in [6.45, 7) is 4.09. The number of fused-ring (bicyclic) bond motifs is 2. The number of piperidine rings is 1. The number of hydrogen-bond donors (Lipinski definition) is 1. The van der Waals surface area contributed by atoms with Crippen LogP contribution >= 0.6 is 0 Å². The summed E-state index contributed by atoms with van der Waals surface area (Å²) in [7, 11) is 1.35. The van der Waals surface area contributed by atoms with Crippen LogP contribution in [0.4, 0.5) is 10.5 Å². The third-order valence-electron chi connectivity index (χ3n) is 6.38. The summed E-state index contributed by atoms with van der Waals surface area (Å²) >= 11 is 0. The molecule has 3 unspecified atom stereocenters. The number of hydrogen-bond acceptors (Lipinski definition) is 5. The van der Waals surface area contributed by atoms with Crippen LogP contribution in [0.1, 0.15) is 20.3 Å². The highest BCUT2D eigenvalue weighted by molar-refractivity contribution is 5.97. The molecule has 8 nitrogen and oxygen atoms in total. The number of nitrogens with zero attached hydrogens (tertiary/aromatic N) is 4. The molecule has 2 aliphatic rings. The average molecular weight is 407 g/mol. The highest BCUT2D eigenvalue weighted by atomic mass is 16.5. The Morgan fingerprint density at radius 2 is 2.13 bits per heavy atom. The SMILES string of the molecule is COC(=O)N1C2C(C)C2C[C@@H]1C(=O)Nc1ccc(C)c(-c2ncc3cccn3n2)c1.[HH]. The molecule has 1 aliphatic heterocycles. The minimum atomic E-state index is -0.513. The Morgan fingerprint density at radius 3 is 2.93 bits per heavy atom. The number of amides is 2. The zero-order valence-electron chi connectivity index (χ0n) is 17.1. The molecule has 1 saturated carbocycles. The lowest BCUT2D eigenvalue weighted by atomic mass is 10.1. The van der Waals surface area contributed by atoms with Crippen LogP contribution in [0.25, 0.3) is 16.9 Å². The molecule has 3 heterocycles. The number of aromatic nitrogens is 3. The quantitative estimate of drug-likeness (QED) is 0.719. The summed E-state index contributed by atoms with van der Waals surface area (Å²) in [4.78, 5) is 31.3. The van der Waals surface area contributed by atoms with Gasteiger partial charge in [0.15, 0.2) is 5.82 Å². The lowest BCUT2D eigenvalue weighted by Gasteiger charge is -2.26. The number of methoxy groups -OCH3 is 1. The first-order valence-corrected chi connectivity index (χ1v) is 10.1. The second-order valence-electron chi connectivity index (χ2n) is 8.12. The summed E-state index contributed by atoms with van der Waals surface area (Å²) < 4.78 is 6.69. The Hall–Kier alpha value is -3.42. The molecule has 4 atom stereocenters. The number of nitrogens with one attached hydrogen (secondary N) is 1. The molecule has 1 aliphatic carbocycles. The molecule has 2 fully saturated rings. The lowest BCUT2D eigenvalue weighted by molar-refractivity contribution is -0.120. The van der Waals surface area contributed by atoms with Gasteiger partial charge in [-0.15, -0.1) is 5.10 Å². The first-order chi connectivity index (χ1) is 14.5. The second-order valence-corrected chi connectivity index (χ2v) is 8.12. The minimum Gasteiger partial charge on any atom is -0.453 e. The van der Waals surface area contributed by atoms with Gasteiger partial charge in [0.05, 0.1) is 18.8 Å². The molecule has 2 amide bonds. The van der Waals surface area contributed by atoms with Crippen molar-refractivity contribution in [1.82, 2.24) is 19.5 Å². The van der Waals surface area contributed by atoms with E-state index in [0.29, 0.717) is 29.8 Å². The maximum atomic E-state index is 13.0. The fourth-order valence-corrected chi connectivity index (χ4v) is 4.63. The number of likely N-dealkylation sites (tertiary alicyclic amines) is 1. The van der Waals surface area contributed by atoms with Gasteiger partial charge in [0, 0.05) is 24.9 Å². The molecule has 3 aromatic rings. The predicted octanol–water partition coefficient (Wildman–Crippen LogP) is 3.36. The van der Waals surface area contributed by atoms with Crippen LogP contribution in [0.3, 0.4) is 0 Å². The van der Waals surface area contributed by atoms with E-state index in [1.165, 1.54) is 7.11 Å². The van der Waals surface area contributed by atoms with Gasteiger partial charge < -0.3 is 10.1 Å². The number of carbonyl (C=O) groups is 2. The van der Waals surface area contributed by atoms with Gasteiger partial charge in [0.25, 0.3) is 0 Å². The number of aryl methyl sites for hydroxylation is 1. The Bertz CT molecular complexity index is 1160. The van der Waals surface area contributed by atoms with Gasteiger partial charge in [0.2, 0.25) is 5.91 Å². The highest BCUT2D eigenvalue weighted by Gasteiger charge is 2.62. The van der Waals surface area contributed by atoms with Crippen LogP contribution in [0.5, 0.6) is 0 Å². The van der Waals surface area contributed by atoms with E-state index in [-0.39, 0.29) is 13.4 Å². The van der Waals surface area contributed by atoms with Crippen molar-refractivity contribution < 1.29 is 15.8 Å². The molecule has 30 heavy (non-hydrogen) atoms. The minimum absolute atomic E-state index is 0. The largest absolute Gasteiger partial charge is 0.453 e. The average Bonchev–Trinajstić information content (AvgIpc) is 3.13. The summed E-state index contributed by atoms with van der Waals surface area (Å²) in [5.41, 5.74) is 3.41. The monoisotopic (exact) mass is 407 g/mol. The Labute approximate surface area is 175 Å². The van der Waals surface area contributed by atoms with Crippen molar-refractivity contribution in [1.29, 1.82) is 0 Å². The summed E-state index contributed by atoms with van der Waals surface area (Å²) in [6.07, 6.45) is 3.87.